The molecule has 3 rings (SSSR count). The van der Waals surface area contributed by atoms with Gasteiger partial charge in [0.1, 0.15) is 5.75 Å². The number of nitrogens with zero attached hydrogens (tertiary/aromatic N) is 1. The highest BCUT2D eigenvalue weighted by Crippen LogP contribution is 2.32. The number of aromatic hydroxyl groups is 1. The Morgan fingerprint density at radius 1 is 0.750 bits per heavy atom. The third-order valence-corrected chi connectivity index (χ3v) is 9.27. The first kappa shape index (κ1) is 35.4. The molecular weight excluding hydrogens is 572 g/mol. The van der Waals surface area contributed by atoms with Crippen molar-refractivity contribution >= 4 is 38.2 Å². The van der Waals surface area contributed by atoms with Gasteiger partial charge in [0.15, 0.2) is 0 Å². The van der Waals surface area contributed by atoms with Gasteiger partial charge in [-0.2, -0.15) is 8.42 Å². The molecule has 0 bridgehead atoms. The summed E-state index contributed by atoms with van der Waals surface area (Å²) in [6.07, 6.45) is 20.6. The first-order valence-corrected chi connectivity index (χ1v) is 18.0. The SMILES string of the molecule is CCCCCCCCCCCCCCCCCCN(C)c1cc(S(=O)(=O)O)ccc1NC(=O)c1ccc2ccccc2c1O. The Bertz CT molecular complexity index is 1420. The van der Waals surface area contributed by atoms with Crippen LogP contribution in [-0.4, -0.2) is 37.6 Å². The third kappa shape index (κ3) is 11.4. The Balaban J connectivity index is 1.44. The predicted octanol–water partition coefficient (Wildman–Crippen LogP) is 9.74. The molecule has 0 heterocycles. The second-order valence-corrected chi connectivity index (χ2v) is 13.4. The van der Waals surface area contributed by atoms with Gasteiger partial charge in [-0.1, -0.05) is 134 Å². The van der Waals surface area contributed by atoms with Crippen LogP contribution in [0.2, 0.25) is 0 Å². The minimum atomic E-state index is -4.42. The molecule has 3 aromatic rings. The lowest BCUT2D eigenvalue weighted by Crippen LogP contribution is -2.22. The van der Waals surface area contributed by atoms with E-state index in [1.165, 1.54) is 102 Å². The van der Waals surface area contributed by atoms with Gasteiger partial charge in [0.25, 0.3) is 16.0 Å². The van der Waals surface area contributed by atoms with Crippen molar-refractivity contribution in [2.45, 2.75) is 115 Å². The number of hydrogen-bond donors (Lipinski definition) is 3. The van der Waals surface area contributed by atoms with Gasteiger partial charge in [0, 0.05) is 19.0 Å². The van der Waals surface area contributed by atoms with Crippen molar-refractivity contribution in [2.24, 2.45) is 0 Å². The number of fused-ring (bicyclic) bond motifs is 1. The van der Waals surface area contributed by atoms with Crippen LogP contribution < -0.4 is 10.2 Å². The van der Waals surface area contributed by atoms with Crippen LogP contribution in [-0.2, 0) is 10.1 Å². The van der Waals surface area contributed by atoms with Crippen LogP contribution in [0.3, 0.4) is 0 Å². The molecule has 7 nitrogen and oxygen atoms in total. The summed E-state index contributed by atoms with van der Waals surface area (Å²) in [7, 11) is -2.57. The molecule has 0 aliphatic heterocycles. The van der Waals surface area contributed by atoms with Gasteiger partial charge in [0.2, 0.25) is 0 Å². The van der Waals surface area contributed by atoms with E-state index in [0.717, 1.165) is 24.6 Å². The van der Waals surface area contributed by atoms with E-state index in [-0.39, 0.29) is 16.2 Å². The van der Waals surface area contributed by atoms with Crippen LogP contribution >= 0.6 is 0 Å². The van der Waals surface area contributed by atoms with E-state index in [1.54, 1.807) is 24.3 Å². The Hall–Kier alpha value is -3.10. The van der Waals surface area contributed by atoms with Crippen LogP contribution in [0.15, 0.2) is 59.5 Å². The highest BCUT2D eigenvalue weighted by molar-refractivity contribution is 7.85. The highest BCUT2D eigenvalue weighted by atomic mass is 32.2. The minimum absolute atomic E-state index is 0.113. The number of nitrogens with one attached hydrogen (secondary N) is 1. The fourth-order valence-corrected chi connectivity index (χ4v) is 6.24. The number of anilines is 2. The molecule has 0 fully saturated rings. The lowest BCUT2D eigenvalue weighted by Gasteiger charge is -2.23. The number of amides is 1. The molecule has 0 atom stereocenters. The minimum Gasteiger partial charge on any atom is -0.506 e. The van der Waals surface area contributed by atoms with Crippen molar-refractivity contribution in [1.29, 1.82) is 0 Å². The molecule has 3 N–H and O–H groups in total. The zero-order chi connectivity index (χ0) is 31.8. The summed E-state index contributed by atoms with van der Waals surface area (Å²) < 4.78 is 33.4. The fraction of sp³-hybridized carbons (Fsp3) is 0.528. The molecular formula is C36H52N2O5S. The summed E-state index contributed by atoms with van der Waals surface area (Å²) >= 11 is 0. The summed E-state index contributed by atoms with van der Waals surface area (Å²) in [4.78, 5) is 14.9. The number of carbonyl (C=O) groups is 1. The van der Waals surface area contributed by atoms with E-state index in [9.17, 15) is 22.9 Å². The van der Waals surface area contributed by atoms with E-state index in [1.807, 2.05) is 24.1 Å². The maximum Gasteiger partial charge on any atom is 0.294 e. The molecule has 0 aliphatic rings. The fourth-order valence-electron chi connectivity index (χ4n) is 5.74. The number of phenolic OH excluding ortho intramolecular Hbond substituents is 1. The van der Waals surface area contributed by atoms with Gasteiger partial charge in [-0.3, -0.25) is 9.35 Å². The Morgan fingerprint density at radius 3 is 1.86 bits per heavy atom. The second-order valence-electron chi connectivity index (χ2n) is 12.0. The highest BCUT2D eigenvalue weighted by Gasteiger charge is 2.19. The van der Waals surface area contributed by atoms with Crippen LogP contribution in [0, 0.1) is 0 Å². The topological polar surface area (TPSA) is 107 Å². The van der Waals surface area contributed by atoms with Crippen molar-refractivity contribution in [2.75, 3.05) is 23.8 Å². The summed E-state index contributed by atoms with van der Waals surface area (Å²) in [6, 6.07) is 14.7. The Labute approximate surface area is 264 Å². The van der Waals surface area contributed by atoms with E-state index >= 15 is 0 Å². The Morgan fingerprint density at radius 2 is 1.30 bits per heavy atom. The molecule has 0 saturated carbocycles. The van der Waals surface area contributed by atoms with Gasteiger partial charge in [-0.25, -0.2) is 0 Å². The normalized spacial score (nSPS) is 11.6. The number of hydrogen-bond acceptors (Lipinski definition) is 5. The summed E-state index contributed by atoms with van der Waals surface area (Å²) in [5.74, 6) is -0.622. The third-order valence-electron chi connectivity index (χ3n) is 8.42. The molecule has 1 amide bonds. The average Bonchev–Trinajstić information content (AvgIpc) is 3.00. The van der Waals surface area contributed by atoms with E-state index in [4.69, 9.17) is 0 Å². The average molecular weight is 625 g/mol. The van der Waals surface area contributed by atoms with Crippen molar-refractivity contribution in [1.82, 2.24) is 0 Å². The number of carbonyl (C=O) groups excluding carboxylic acids is 1. The van der Waals surface area contributed by atoms with Crippen LogP contribution in [0.4, 0.5) is 11.4 Å². The number of rotatable bonds is 21. The second kappa shape index (κ2) is 18.6. The summed E-state index contributed by atoms with van der Waals surface area (Å²) in [5, 5.41) is 15.0. The molecule has 0 unspecified atom stereocenters. The lowest BCUT2D eigenvalue weighted by atomic mass is 10.0. The standard InChI is InChI=1S/C36H52N2O5S/c1-3-4-5-6-7-8-9-10-11-12-13-14-15-16-17-20-27-38(2)34-28-30(44(41,42)43)24-26-33(34)37-36(40)32-25-23-29-21-18-19-22-31(29)35(32)39/h18-19,21-26,28,39H,3-17,20,27H2,1-2H3,(H,37,40)(H,41,42,43). The van der Waals surface area contributed by atoms with Crippen LogP contribution in [0.1, 0.15) is 120 Å². The van der Waals surface area contributed by atoms with E-state index in [2.05, 4.69) is 12.2 Å². The smallest absolute Gasteiger partial charge is 0.294 e. The zero-order valence-corrected chi connectivity index (χ0v) is 27.5. The first-order chi connectivity index (χ1) is 21.2. The molecule has 0 radical (unpaired) electrons. The van der Waals surface area contributed by atoms with Crippen molar-refractivity contribution in [3.63, 3.8) is 0 Å². The number of unbranched alkanes of at least 4 members (excludes halogenated alkanes) is 15. The van der Waals surface area contributed by atoms with Gasteiger partial charge in [-0.05, 0) is 36.1 Å². The summed E-state index contributed by atoms with van der Waals surface area (Å²) in [6.45, 7) is 2.93. The Kier molecular flexibility index (Phi) is 15.0. The van der Waals surface area contributed by atoms with Gasteiger partial charge < -0.3 is 15.3 Å². The molecule has 242 valence electrons. The molecule has 44 heavy (non-hydrogen) atoms. The van der Waals surface area contributed by atoms with Gasteiger partial charge in [-0.15, -0.1) is 0 Å². The van der Waals surface area contributed by atoms with Crippen LogP contribution in [0.25, 0.3) is 10.8 Å². The maximum atomic E-state index is 13.2. The van der Waals surface area contributed by atoms with Crippen LogP contribution in [0.5, 0.6) is 5.75 Å². The van der Waals surface area contributed by atoms with Crippen molar-refractivity contribution in [3.05, 3.63) is 60.2 Å². The monoisotopic (exact) mass is 624 g/mol. The van der Waals surface area contributed by atoms with Gasteiger partial charge in [0.05, 0.1) is 21.8 Å². The molecule has 0 spiro atoms. The number of benzene rings is 3. The molecule has 0 saturated heterocycles. The molecule has 3 aromatic carbocycles. The van der Waals surface area contributed by atoms with Gasteiger partial charge >= 0.3 is 0 Å². The largest absolute Gasteiger partial charge is 0.506 e. The van der Waals surface area contributed by atoms with Crippen molar-refractivity contribution < 1.29 is 22.9 Å². The van der Waals surface area contributed by atoms with E-state index < -0.39 is 16.0 Å². The lowest BCUT2D eigenvalue weighted by molar-refractivity contribution is 0.102. The quantitative estimate of drug-likeness (QED) is 0.0804. The van der Waals surface area contributed by atoms with Crippen molar-refractivity contribution in [3.8, 4) is 5.75 Å². The number of phenols is 1. The first-order valence-electron chi connectivity index (χ1n) is 16.6. The molecule has 0 aliphatic carbocycles. The van der Waals surface area contributed by atoms with E-state index in [0.29, 0.717) is 23.3 Å². The summed E-state index contributed by atoms with van der Waals surface area (Å²) in [5.41, 5.74) is 0.998. The molecule has 8 heteroatoms. The zero-order valence-electron chi connectivity index (χ0n) is 26.7. The predicted molar refractivity (Wildman–Crippen MR) is 183 cm³/mol. The molecule has 0 aromatic heterocycles. The maximum absolute atomic E-state index is 13.2.